The third-order valence-electron chi connectivity index (χ3n) is 3.15. The summed E-state index contributed by atoms with van der Waals surface area (Å²) in [4.78, 5) is 13.4. The van der Waals surface area contributed by atoms with Gasteiger partial charge < -0.3 is 0 Å². The third kappa shape index (κ3) is 3.28. The van der Waals surface area contributed by atoms with Crippen LogP contribution in [0.1, 0.15) is 25.0 Å². The number of hydroxylamine groups is 1. The monoisotopic (exact) mass is 236 g/mol. The molecule has 1 rings (SSSR count). The first-order valence-corrected chi connectivity index (χ1v) is 5.59. The van der Waals surface area contributed by atoms with Gasteiger partial charge in [-0.3, -0.25) is 14.9 Å². The fraction of sp³-hybridized carbons (Fsp3) is 0.462. The van der Waals surface area contributed by atoms with Crippen LogP contribution < -0.4 is 5.48 Å². The van der Waals surface area contributed by atoms with Crippen molar-refractivity contribution in [3.8, 4) is 0 Å². The van der Waals surface area contributed by atoms with Crippen molar-refractivity contribution in [3.63, 3.8) is 0 Å². The molecule has 94 valence electrons. The average molecular weight is 236 g/mol. The van der Waals surface area contributed by atoms with E-state index in [-0.39, 0.29) is 0 Å². The smallest absolute Gasteiger partial charge is 0.263 e. The second-order valence-electron chi connectivity index (χ2n) is 4.84. The lowest BCUT2D eigenvalue weighted by molar-refractivity contribution is -0.139. The van der Waals surface area contributed by atoms with Crippen LogP contribution in [0.3, 0.4) is 0 Å². The number of benzene rings is 1. The fourth-order valence-corrected chi connectivity index (χ4v) is 1.48. The summed E-state index contributed by atoms with van der Waals surface area (Å²) < 4.78 is 0. The number of amides is 1. The number of nitrogens with zero attached hydrogens (tertiary/aromatic N) is 1. The molecule has 17 heavy (non-hydrogen) atoms. The Morgan fingerprint density at radius 1 is 1.35 bits per heavy atom. The molecule has 0 bridgehead atoms. The van der Waals surface area contributed by atoms with Crippen molar-refractivity contribution in [2.24, 2.45) is 0 Å². The summed E-state index contributed by atoms with van der Waals surface area (Å²) >= 11 is 0. The van der Waals surface area contributed by atoms with Crippen molar-refractivity contribution in [1.82, 2.24) is 10.4 Å². The van der Waals surface area contributed by atoms with E-state index in [1.54, 1.807) is 19.3 Å². The second-order valence-corrected chi connectivity index (χ2v) is 4.84. The Morgan fingerprint density at radius 3 is 2.35 bits per heavy atom. The van der Waals surface area contributed by atoms with E-state index >= 15 is 0 Å². The van der Waals surface area contributed by atoms with Gasteiger partial charge in [0.15, 0.2) is 0 Å². The van der Waals surface area contributed by atoms with Gasteiger partial charge in [0.2, 0.25) is 0 Å². The van der Waals surface area contributed by atoms with Gasteiger partial charge in [-0.05, 0) is 33.4 Å². The molecular weight excluding hydrogens is 216 g/mol. The highest BCUT2D eigenvalue weighted by Gasteiger charge is 2.31. The molecular formula is C13H20N2O2. The van der Waals surface area contributed by atoms with E-state index < -0.39 is 11.4 Å². The maximum Gasteiger partial charge on any atom is 0.263 e. The van der Waals surface area contributed by atoms with Gasteiger partial charge in [-0.1, -0.05) is 29.8 Å². The number of hydrogen-bond acceptors (Lipinski definition) is 3. The van der Waals surface area contributed by atoms with E-state index in [9.17, 15) is 4.79 Å². The maximum atomic E-state index is 11.5. The largest absolute Gasteiger partial charge is 0.289 e. The van der Waals surface area contributed by atoms with Gasteiger partial charge in [-0.15, -0.1) is 0 Å². The van der Waals surface area contributed by atoms with Crippen LogP contribution in [0.4, 0.5) is 0 Å². The van der Waals surface area contributed by atoms with Crippen molar-refractivity contribution in [2.45, 2.75) is 32.9 Å². The predicted octanol–water partition coefficient (Wildman–Crippen LogP) is 1.71. The quantitative estimate of drug-likeness (QED) is 0.618. The highest BCUT2D eigenvalue weighted by atomic mass is 16.5. The molecule has 0 aromatic heterocycles. The van der Waals surface area contributed by atoms with Crippen LogP contribution >= 0.6 is 0 Å². The Kier molecular flexibility index (Phi) is 4.26. The predicted molar refractivity (Wildman–Crippen MR) is 66.7 cm³/mol. The molecule has 0 saturated heterocycles. The van der Waals surface area contributed by atoms with Crippen LogP contribution in [0, 0.1) is 6.92 Å². The van der Waals surface area contributed by atoms with Crippen LogP contribution in [0.5, 0.6) is 0 Å². The third-order valence-corrected chi connectivity index (χ3v) is 3.15. The van der Waals surface area contributed by atoms with Crippen molar-refractivity contribution < 1.29 is 10.0 Å². The summed E-state index contributed by atoms with van der Waals surface area (Å²) in [6.07, 6.45) is 0. The number of nitrogens with one attached hydrogen (secondary N) is 1. The summed E-state index contributed by atoms with van der Waals surface area (Å²) in [6, 6.07) is 8.17. The summed E-state index contributed by atoms with van der Waals surface area (Å²) in [5.41, 5.74) is 3.30. The van der Waals surface area contributed by atoms with Crippen LogP contribution in [-0.4, -0.2) is 28.6 Å². The first kappa shape index (κ1) is 13.7. The molecule has 0 aliphatic rings. The number of carbonyl (C=O) groups is 1. The molecule has 0 heterocycles. The van der Waals surface area contributed by atoms with E-state index in [1.165, 1.54) is 5.56 Å². The van der Waals surface area contributed by atoms with Gasteiger partial charge in [0.1, 0.15) is 0 Å². The maximum absolute atomic E-state index is 11.5. The SMILES string of the molecule is Cc1ccc(CN(C)C(C)(C)C(=O)NO)cc1. The first-order chi connectivity index (χ1) is 7.87. The van der Waals surface area contributed by atoms with Gasteiger partial charge in [0.05, 0.1) is 5.54 Å². The van der Waals surface area contributed by atoms with Gasteiger partial charge in [-0.25, -0.2) is 5.48 Å². The van der Waals surface area contributed by atoms with Crippen molar-refractivity contribution in [3.05, 3.63) is 35.4 Å². The Morgan fingerprint density at radius 2 is 1.88 bits per heavy atom. The van der Waals surface area contributed by atoms with E-state index in [1.807, 2.05) is 43.1 Å². The van der Waals surface area contributed by atoms with E-state index in [2.05, 4.69) is 0 Å². The molecule has 0 radical (unpaired) electrons. The minimum absolute atomic E-state index is 0.410. The molecule has 4 heteroatoms. The van der Waals surface area contributed by atoms with Gasteiger partial charge in [-0.2, -0.15) is 0 Å². The fourth-order valence-electron chi connectivity index (χ4n) is 1.48. The molecule has 0 unspecified atom stereocenters. The number of likely N-dealkylation sites (N-methyl/N-ethyl adjacent to an activating group) is 1. The molecule has 4 nitrogen and oxygen atoms in total. The molecule has 2 N–H and O–H groups in total. The van der Waals surface area contributed by atoms with Gasteiger partial charge in [0, 0.05) is 6.54 Å². The zero-order chi connectivity index (χ0) is 13.1. The first-order valence-electron chi connectivity index (χ1n) is 5.59. The van der Waals surface area contributed by atoms with E-state index in [4.69, 9.17) is 5.21 Å². The molecule has 1 aromatic rings. The van der Waals surface area contributed by atoms with E-state index in [0.29, 0.717) is 6.54 Å². The Balaban J connectivity index is 2.75. The van der Waals surface area contributed by atoms with Gasteiger partial charge >= 0.3 is 0 Å². The molecule has 0 aliphatic heterocycles. The minimum Gasteiger partial charge on any atom is -0.289 e. The van der Waals surface area contributed by atoms with Crippen LogP contribution in [0.2, 0.25) is 0 Å². The summed E-state index contributed by atoms with van der Waals surface area (Å²) in [5.74, 6) is -0.410. The van der Waals surface area contributed by atoms with Crippen LogP contribution in [0.15, 0.2) is 24.3 Å². The topological polar surface area (TPSA) is 52.6 Å². The number of aryl methyl sites for hydroxylation is 1. The molecule has 0 aliphatic carbocycles. The molecule has 0 saturated carbocycles. The lowest BCUT2D eigenvalue weighted by Crippen LogP contribution is -2.52. The molecule has 0 spiro atoms. The van der Waals surface area contributed by atoms with Crippen molar-refractivity contribution >= 4 is 5.91 Å². The van der Waals surface area contributed by atoms with E-state index in [0.717, 1.165) is 5.56 Å². The summed E-state index contributed by atoms with van der Waals surface area (Å²) in [7, 11) is 1.86. The minimum atomic E-state index is -0.750. The second kappa shape index (κ2) is 5.29. The van der Waals surface area contributed by atoms with Crippen LogP contribution in [0.25, 0.3) is 0 Å². The summed E-state index contributed by atoms with van der Waals surface area (Å²) in [6.45, 7) is 6.23. The number of rotatable bonds is 4. The van der Waals surface area contributed by atoms with Crippen molar-refractivity contribution in [2.75, 3.05) is 7.05 Å². The highest BCUT2D eigenvalue weighted by Crippen LogP contribution is 2.16. The highest BCUT2D eigenvalue weighted by molar-refractivity contribution is 5.84. The molecule has 0 atom stereocenters. The zero-order valence-corrected chi connectivity index (χ0v) is 10.8. The molecule has 0 fully saturated rings. The van der Waals surface area contributed by atoms with Gasteiger partial charge in [0.25, 0.3) is 5.91 Å². The number of hydrogen-bond donors (Lipinski definition) is 2. The summed E-state index contributed by atoms with van der Waals surface area (Å²) in [5, 5.41) is 8.70. The average Bonchev–Trinajstić information content (AvgIpc) is 2.30. The zero-order valence-electron chi connectivity index (χ0n) is 10.8. The normalized spacial score (nSPS) is 11.6. The Bertz CT molecular complexity index is 385. The number of carbonyl (C=O) groups excluding carboxylic acids is 1. The standard InChI is InChI=1S/C13H20N2O2/c1-10-5-7-11(8-6-10)9-15(4)13(2,3)12(16)14-17/h5-8,17H,9H2,1-4H3,(H,14,16). The lowest BCUT2D eigenvalue weighted by atomic mass is 10.0. The lowest BCUT2D eigenvalue weighted by Gasteiger charge is -2.33. The van der Waals surface area contributed by atoms with Crippen LogP contribution in [-0.2, 0) is 11.3 Å². The Hall–Kier alpha value is -1.39. The molecule has 1 aromatic carbocycles. The molecule has 1 amide bonds. The Labute approximate surface area is 102 Å². The van der Waals surface area contributed by atoms with Crippen molar-refractivity contribution in [1.29, 1.82) is 0 Å².